The minimum atomic E-state index is -0.710. The molecule has 2 N–H and O–H groups in total. The van der Waals surface area contributed by atoms with Gasteiger partial charge in [0.25, 0.3) is 0 Å². The number of likely N-dealkylation sites (tertiary alicyclic amines) is 1. The standard InChI is InChI=1S/C37H52FN3O8/c1-6-47-35(44)31-20-25-19-26(13-16-30(25)48-31)39-33(42)32-28(22-11-14-27(46-5)15-12-22)17-18-41(32)34(43)24-9-7-23(8-10-24)29(21-38)40-36(45)49-37(2,3)4/h13,16,19-20,22-24,27-29,32H,6-12,14-15,17-18,21H2,1-5H3,(H,39,42)(H,40,45)/t22?,23-,24-,27?,28-,29+,32-/m0/s1. The first kappa shape index (κ1) is 36.6. The fraction of sp³-hybridized carbons (Fsp3) is 0.676. The Morgan fingerprint density at radius 2 is 1.71 bits per heavy atom. The number of alkyl carbamates (subject to hydrolysis) is 1. The number of esters is 1. The van der Waals surface area contributed by atoms with Crippen molar-refractivity contribution in [1.82, 2.24) is 10.2 Å². The van der Waals surface area contributed by atoms with E-state index in [0.29, 0.717) is 54.8 Å². The highest BCUT2D eigenvalue weighted by Gasteiger charge is 2.47. The molecule has 1 aromatic carbocycles. The lowest BCUT2D eigenvalue weighted by Crippen LogP contribution is -2.50. The summed E-state index contributed by atoms with van der Waals surface area (Å²) in [5.41, 5.74) is 0.359. The molecule has 3 amide bonds. The number of amides is 3. The van der Waals surface area contributed by atoms with Crippen molar-refractivity contribution in [3.8, 4) is 0 Å². The molecule has 2 aromatic rings. The normalized spacial score (nSPS) is 26.6. The molecule has 2 aliphatic carbocycles. The third-order valence-electron chi connectivity index (χ3n) is 10.5. The molecular weight excluding hydrogens is 633 g/mol. The van der Waals surface area contributed by atoms with Crippen molar-refractivity contribution in [3.05, 3.63) is 30.0 Å². The van der Waals surface area contributed by atoms with Crippen LogP contribution in [0.2, 0.25) is 0 Å². The molecule has 49 heavy (non-hydrogen) atoms. The topological polar surface area (TPSA) is 136 Å². The number of fused-ring (bicyclic) bond motifs is 1. The monoisotopic (exact) mass is 685 g/mol. The molecule has 3 aliphatic rings. The van der Waals surface area contributed by atoms with E-state index in [1.165, 1.54) is 0 Å². The highest BCUT2D eigenvalue weighted by atomic mass is 19.1. The van der Waals surface area contributed by atoms with Crippen LogP contribution in [0.1, 0.15) is 96.0 Å². The molecular formula is C37H52FN3O8. The summed E-state index contributed by atoms with van der Waals surface area (Å²) in [7, 11) is 1.74. The molecule has 3 atom stereocenters. The van der Waals surface area contributed by atoms with E-state index in [2.05, 4.69) is 10.6 Å². The maximum atomic E-state index is 14.2. The van der Waals surface area contributed by atoms with Crippen LogP contribution in [0.15, 0.2) is 28.7 Å². The first-order valence-electron chi connectivity index (χ1n) is 17.8. The van der Waals surface area contributed by atoms with E-state index in [1.807, 2.05) is 0 Å². The zero-order valence-electron chi connectivity index (χ0n) is 29.4. The zero-order valence-corrected chi connectivity index (χ0v) is 29.4. The SMILES string of the molecule is CCOC(=O)c1cc2cc(NC(=O)[C@@H]3[C@H](C4CCC(OC)CC4)CCN3C(=O)[C@H]3CC[C@H]([C@@H](CF)NC(=O)OC(C)(C)C)CC3)ccc2o1. The van der Waals surface area contributed by atoms with Crippen LogP contribution in [0.3, 0.4) is 0 Å². The summed E-state index contributed by atoms with van der Waals surface area (Å²) in [6, 6.07) is 5.48. The number of methoxy groups -OCH3 is 1. The van der Waals surface area contributed by atoms with Gasteiger partial charge in [-0.05, 0) is 128 Å². The summed E-state index contributed by atoms with van der Waals surface area (Å²) in [5, 5.41) is 6.41. The minimum absolute atomic E-state index is 0.0140. The van der Waals surface area contributed by atoms with Gasteiger partial charge in [0.1, 0.15) is 23.9 Å². The van der Waals surface area contributed by atoms with Crippen LogP contribution < -0.4 is 10.6 Å². The van der Waals surface area contributed by atoms with Crippen LogP contribution >= 0.6 is 0 Å². The molecule has 11 nitrogen and oxygen atoms in total. The van der Waals surface area contributed by atoms with Gasteiger partial charge in [0.15, 0.2) is 0 Å². The number of rotatable bonds is 10. The van der Waals surface area contributed by atoms with Crippen LogP contribution in [0.4, 0.5) is 14.9 Å². The fourth-order valence-corrected chi connectivity index (χ4v) is 8.03. The quantitative estimate of drug-likeness (QED) is 0.266. The second-order valence-electron chi connectivity index (χ2n) is 14.8. The first-order valence-corrected chi connectivity index (χ1v) is 17.8. The summed E-state index contributed by atoms with van der Waals surface area (Å²) in [5.74, 6) is -0.802. The summed E-state index contributed by atoms with van der Waals surface area (Å²) >= 11 is 0. The van der Waals surface area contributed by atoms with Gasteiger partial charge in [0.2, 0.25) is 17.6 Å². The molecule has 2 saturated carbocycles. The number of alkyl halides is 1. The number of hydrogen-bond donors (Lipinski definition) is 2. The number of hydrogen-bond acceptors (Lipinski definition) is 8. The maximum absolute atomic E-state index is 14.2. The van der Waals surface area contributed by atoms with Gasteiger partial charge >= 0.3 is 12.1 Å². The molecule has 1 saturated heterocycles. The van der Waals surface area contributed by atoms with Gasteiger partial charge in [-0.25, -0.2) is 14.0 Å². The van der Waals surface area contributed by atoms with E-state index in [0.717, 1.165) is 32.1 Å². The Morgan fingerprint density at radius 3 is 2.35 bits per heavy atom. The van der Waals surface area contributed by atoms with Crippen molar-refractivity contribution in [2.24, 2.45) is 23.7 Å². The summed E-state index contributed by atoms with van der Waals surface area (Å²) in [6.45, 7) is 7.03. The summed E-state index contributed by atoms with van der Waals surface area (Å²) in [4.78, 5) is 54.7. The van der Waals surface area contributed by atoms with Crippen molar-refractivity contribution in [3.63, 3.8) is 0 Å². The first-order chi connectivity index (χ1) is 23.4. The fourth-order valence-electron chi connectivity index (χ4n) is 8.03. The Bertz CT molecular complexity index is 1470. The molecule has 0 radical (unpaired) electrons. The predicted octanol–water partition coefficient (Wildman–Crippen LogP) is 6.64. The molecule has 5 rings (SSSR count). The number of halogens is 1. The molecule has 12 heteroatoms. The van der Waals surface area contributed by atoms with Gasteiger partial charge in [-0.15, -0.1) is 0 Å². The Balaban J connectivity index is 1.28. The average molecular weight is 686 g/mol. The van der Waals surface area contributed by atoms with Crippen LogP contribution in [0, 0.1) is 23.7 Å². The molecule has 3 fully saturated rings. The van der Waals surface area contributed by atoms with Gasteiger partial charge in [-0.1, -0.05) is 0 Å². The highest BCUT2D eigenvalue weighted by molar-refractivity contribution is 6.00. The van der Waals surface area contributed by atoms with Crippen molar-refractivity contribution in [2.75, 3.05) is 32.3 Å². The van der Waals surface area contributed by atoms with Crippen molar-refractivity contribution < 1.29 is 42.2 Å². The molecule has 0 spiro atoms. The predicted molar refractivity (Wildman–Crippen MR) is 182 cm³/mol. The van der Waals surface area contributed by atoms with Crippen LogP contribution in [-0.4, -0.2) is 79.5 Å². The van der Waals surface area contributed by atoms with E-state index in [4.69, 9.17) is 18.6 Å². The Labute approximate surface area is 287 Å². The van der Waals surface area contributed by atoms with Gasteiger partial charge < -0.3 is 34.2 Å². The highest BCUT2D eigenvalue weighted by Crippen LogP contribution is 2.42. The lowest BCUT2D eigenvalue weighted by molar-refractivity contribution is -0.142. The number of benzene rings is 1. The van der Waals surface area contributed by atoms with Crippen LogP contribution in [0.5, 0.6) is 0 Å². The van der Waals surface area contributed by atoms with E-state index in [-0.39, 0.29) is 48.0 Å². The Morgan fingerprint density at radius 1 is 1.00 bits per heavy atom. The Hall–Kier alpha value is -3.67. The average Bonchev–Trinajstić information content (AvgIpc) is 3.71. The van der Waals surface area contributed by atoms with Crippen LogP contribution in [-0.2, 0) is 23.8 Å². The molecule has 2 heterocycles. The lowest BCUT2D eigenvalue weighted by atomic mass is 9.75. The van der Waals surface area contributed by atoms with E-state index >= 15 is 0 Å². The molecule has 270 valence electrons. The second-order valence-corrected chi connectivity index (χ2v) is 14.8. The lowest BCUT2D eigenvalue weighted by Gasteiger charge is -2.38. The molecule has 0 bridgehead atoms. The van der Waals surface area contributed by atoms with Gasteiger partial charge in [0, 0.05) is 30.6 Å². The second kappa shape index (κ2) is 15.9. The zero-order chi connectivity index (χ0) is 35.3. The van der Waals surface area contributed by atoms with Crippen molar-refractivity contribution in [2.45, 2.75) is 109 Å². The largest absolute Gasteiger partial charge is 0.460 e. The number of ether oxygens (including phenoxy) is 3. The van der Waals surface area contributed by atoms with Gasteiger partial charge in [-0.3, -0.25) is 9.59 Å². The van der Waals surface area contributed by atoms with E-state index in [9.17, 15) is 23.6 Å². The molecule has 1 aromatic heterocycles. The van der Waals surface area contributed by atoms with Gasteiger partial charge in [0.05, 0.1) is 18.8 Å². The van der Waals surface area contributed by atoms with Gasteiger partial charge in [-0.2, -0.15) is 0 Å². The third-order valence-corrected chi connectivity index (χ3v) is 10.5. The van der Waals surface area contributed by atoms with E-state index in [1.54, 1.807) is 64.0 Å². The van der Waals surface area contributed by atoms with Crippen LogP contribution in [0.25, 0.3) is 11.0 Å². The number of nitrogens with one attached hydrogen (secondary N) is 2. The molecule has 1 aliphatic heterocycles. The number of furan rings is 1. The van der Waals surface area contributed by atoms with Crippen molar-refractivity contribution >= 4 is 40.5 Å². The molecule has 0 unspecified atom stereocenters. The Kier molecular flexibility index (Phi) is 11.9. The summed E-state index contributed by atoms with van der Waals surface area (Å²) < 4.78 is 35.7. The smallest absolute Gasteiger partial charge is 0.407 e. The number of anilines is 1. The van der Waals surface area contributed by atoms with Crippen molar-refractivity contribution in [1.29, 1.82) is 0 Å². The number of nitrogens with zero attached hydrogens (tertiary/aromatic N) is 1. The van der Waals surface area contributed by atoms with E-state index < -0.39 is 36.4 Å². The number of carbonyl (C=O) groups is 4. The minimum Gasteiger partial charge on any atom is -0.460 e. The number of carbonyl (C=O) groups excluding carboxylic acids is 4. The maximum Gasteiger partial charge on any atom is 0.407 e. The third kappa shape index (κ3) is 8.93. The summed E-state index contributed by atoms with van der Waals surface area (Å²) in [6.07, 6.45) is 6.36.